The summed E-state index contributed by atoms with van der Waals surface area (Å²) in [5, 5.41) is 0. The largest absolute Gasteiger partial charge is 0.468 e. The molecular formula is C14H21N3O4S. The van der Waals surface area contributed by atoms with Gasteiger partial charge in [-0.3, -0.25) is 14.7 Å². The van der Waals surface area contributed by atoms with Gasteiger partial charge in [-0.05, 0) is 37.6 Å². The molecule has 1 aromatic heterocycles. The first-order chi connectivity index (χ1) is 10.4. The van der Waals surface area contributed by atoms with Gasteiger partial charge in [0.2, 0.25) is 10.0 Å². The van der Waals surface area contributed by atoms with Gasteiger partial charge in [-0.25, -0.2) is 13.1 Å². The van der Waals surface area contributed by atoms with Crippen LogP contribution in [-0.2, 0) is 26.0 Å². The van der Waals surface area contributed by atoms with E-state index in [0.717, 1.165) is 5.56 Å². The Bertz CT molecular complexity index is 606. The van der Waals surface area contributed by atoms with Gasteiger partial charge in [-0.2, -0.15) is 0 Å². The van der Waals surface area contributed by atoms with Crippen molar-refractivity contribution in [2.75, 3.05) is 26.5 Å². The molecular weight excluding hydrogens is 306 g/mol. The molecule has 0 saturated carbocycles. The maximum atomic E-state index is 12.2. The minimum absolute atomic E-state index is 0.0140. The van der Waals surface area contributed by atoms with E-state index in [9.17, 15) is 13.2 Å². The highest BCUT2D eigenvalue weighted by Gasteiger charge is 2.36. The van der Waals surface area contributed by atoms with Crippen molar-refractivity contribution in [3.8, 4) is 0 Å². The van der Waals surface area contributed by atoms with Crippen LogP contribution in [-0.4, -0.2) is 62.8 Å². The number of nitrogens with zero attached hydrogens (tertiary/aromatic N) is 2. The third-order valence-corrected chi connectivity index (χ3v) is 5.21. The number of rotatable bonds is 6. The van der Waals surface area contributed by atoms with E-state index in [0.29, 0.717) is 19.4 Å². The summed E-state index contributed by atoms with van der Waals surface area (Å²) in [7, 11) is -0.271. The van der Waals surface area contributed by atoms with Crippen LogP contribution in [0.15, 0.2) is 24.5 Å². The molecule has 2 atom stereocenters. The molecule has 1 aliphatic heterocycles. The van der Waals surface area contributed by atoms with Gasteiger partial charge in [-0.1, -0.05) is 0 Å². The SMILES string of the molecule is COC(=O)[C@@H]1C[C@H](NS(=O)(=O)CCc2ccncc2)CN1C. The molecule has 22 heavy (non-hydrogen) atoms. The average Bonchev–Trinajstić information content (AvgIpc) is 2.85. The number of sulfonamides is 1. The molecule has 2 heterocycles. The monoisotopic (exact) mass is 327 g/mol. The molecule has 0 aliphatic carbocycles. The molecule has 0 amide bonds. The highest BCUT2D eigenvalue weighted by Crippen LogP contribution is 2.17. The van der Waals surface area contributed by atoms with Gasteiger partial charge in [0, 0.05) is 25.0 Å². The van der Waals surface area contributed by atoms with E-state index < -0.39 is 16.1 Å². The number of likely N-dealkylation sites (N-methyl/N-ethyl adjacent to an activating group) is 1. The highest BCUT2D eigenvalue weighted by molar-refractivity contribution is 7.89. The van der Waals surface area contributed by atoms with Gasteiger partial charge >= 0.3 is 5.97 Å². The fraction of sp³-hybridized carbons (Fsp3) is 0.571. The first-order valence-corrected chi connectivity index (χ1v) is 8.73. The smallest absolute Gasteiger partial charge is 0.323 e. The van der Waals surface area contributed by atoms with Gasteiger partial charge in [0.05, 0.1) is 12.9 Å². The first kappa shape index (κ1) is 16.9. The predicted octanol–water partition coefficient (Wildman–Crippen LogP) is -0.211. The van der Waals surface area contributed by atoms with Crippen LogP contribution in [0.5, 0.6) is 0 Å². The van der Waals surface area contributed by atoms with Crippen molar-refractivity contribution in [1.29, 1.82) is 0 Å². The van der Waals surface area contributed by atoms with E-state index >= 15 is 0 Å². The van der Waals surface area contributed by atoms with Crippen LogP contribution in [0.25, 0.3) is 0 Å². The fourth-order valence-corrected chi connectivity index (χ4v) is 3.91. The summed E-state index contributed by atoms with van der Waals surface area (Å²) in [5.41, 5.74) is 0.927. The lowest BCUT2D eigenvalue weighted by Gasteiger charge is -2.15. The van der Waals surface area contributed by atoms with Crippen molar-refractivity contribution >= 4 is 16.0 Å². The molecule has 0 unspecified atom stereocenters. The van der Waals surface area contributed by atoms with Crippen molar-refractivity contribution < 1.29 is 17.9 Å². The zero-order valence-corrected chi connectivity index (χ0v) is 13.5. The van der Waals surface area contributed by atoms with Gasteiger partial charge in [0.1, 0.15) is 6.04 Å². The second kappa shape index (κ2) is 7.17. The molecule has 1 N–H and O–H groups in total. The van der Waals surface area contributed by atoms with Gasteiger partial charge in [-0.15, -0.1) is 0 Å². The van der Waals surface area contributed by atoms with Crippen molar-refractivity contribution in [3.63, 3.8) is 0 Å². The third-order valence-electron chi connectivity index (χ3n) is 3.78. The summed E-state index contributed by atoms with van der Waals surface area (Å²) < 4.78 is 31.7. The van der Waals surface area contributed by atoms with Crippen molar-refractivity contribution in [2.24, 2.45) is 0 Å². The molecule has 7 nitrogen and oxygen atoms in total. The quantitative estimate of drug-likeness (QED) is 0.727. The number of ether oxygens (including phenoxy) is 1. The second-order valence-electron chi connectivity index (χ2n) is 5.45. The molecule has 1 aromatic rings. The molecule has 122 valence electrons. The molecule has 2 rings (SSSR count). The van der Waals surface area contributed by atoms with E-state index in [4.69, 9.17) is 4.74 Å². The van der Waals surface area contributed by atoms with E-state index in [1.54, 1.807) is 31.6 Å². The lowest BCUT2D eigenvalue weighted by molar-refractivity contribution is -0.145. The topological polar surface area (TPSA) is 88.6 Å². The van der Waals surface area contributed by atoms with Crippen molar-refractivity contribution in [2.45, 2.75) is 24.9 Å². The van der Waals surface area contributed by atoms with Crippen LogP contribution in [0.4, 0.5) is 0 Å². The van der Waals surface area contributed by atoms with Crippen molar-refractivity contribution in [3.05, 3.63) is 30.1 Å². The Hall–Kier alpha value is -1.51. The number of esters is 1. The molecule has 0 aromatic carbocycles. The van der Waals surface area contributed by atoms with Crippen LogP contribution in [0, 0.1) is 0 Å². The molecule has 0 radical (unpaired) electrons. The molecule has 1 aliphatic rings. The number of methoxy groups -OCH3 is 1. The number of aromatic nitrogens is 1. The standard InChI is InChI=1S/C14H21N3O4S/c1-17-10-12(9-13(17)14(18)21-2)16-22(19,20)8-5-11-3-6-15-7-4-11/h3-4,6-7,12-13,16H,5,8-10H2,1-2H3/t12-,13-/m0/s1. The Kier molecular flexibility index (Phi) is 5.49. The van der Waals surface area contributed by atoms with Crippen LogP contribution in [0.2, 0.25) is 0 Å². The Morgan fingerprint density at radius 3 is 2.77 bits per heavy atom. The third kappa shape index (κ3) is 4.49. The van der Waals surface area contributed by atoms with E-state index in [1.165, 1.54) is 7.11 Å². The zero-order chi connectivity index (χ0) is 16.2. The minimum atomic E-state index is -3.39. The Morgan fingerprint density at radius 2 is 2.14 bits per heavy atom. The summed E-state index contributed by atoms with van der Waals surface area (Å²) in [6.45, 7) is 0.494. The molecule has 0 bridgehead atoms. The summed E-state index contributed by atoms with van der Waals surface area (Å²) in [6.07, 6.45) is 4.14. The van der Waals surface area contributed by atoms with Crippen LogP contribution in [0.1, 0.15) is 12.0 Å². The molecule has 8 heteroatoms. The van der Waals surface area contributed by atoms with Gasteiger partial charge < -0.3 is 4.74 Å². The maximum Gasteiger partial charge on any atom is 0.323 e. The number of aryl methyl sites for hydroxylation is 1. The van der Waals surface area contributed by atoms with Gasteiger partial charge in [0.25, 0.3) is 0 Å². The summed E-state index contributed by atoms with van der Waals surface area (Å²) in [6, 6.07) is 2.94. The summed E-state index contributed by atoms with van der Waals surface area (Å²) in [4.78, 5) is 17.3. The maximum absolute atomic E-state index is 12.2. The normalized spacial score (nSPS) is 22.6. The number of nitrogens with one attached hydrogen (secondary N) is 1. The van der Waals surface area contributed by atoms with E-state index in [1.807, 2.05) is 4.90 Å². The Labute approximate surface area is 130 Å². The Morgan fingerprint density at radius 1 is 1.45 bits per heavy atom. The predicted molar refractivity (Wildman–Crippen MR) is 81.7 cm³/mol. The van der Waals surface area contributed by atoms with Crippen LogP contribution >= 0.6 is 0 Å². The zero-order valence-electron chi connectivity index (χ0n) is 12.7. The van der Waals surface area contributed by atoms with Crippen LogP contribution in [0.3, 0.4) is 0 Å². The lowest BCUT2D eigenvalue weighted by Crippen LogP contribution is -2.38. The van der Waals surface area contributed by atoms with Gasteiger partial charge in [0.15, 0.2) is 0 Å². The molecule has 1 fully saturated rings. The second-order valence-corrected chi connectivity index (χ2v) is 7.33. The molecule has 0 spiro atoms. The van der Waals surface area contributed by atoms with Crippen molar-refractivity contribution in [1.82, 2.24) is 14.6 Å². The van der Waals surface area contributed by atoms with E-state index in [-0.39, 0.29) is 17.8 Å². The highest BCUT2D eigenvalue weighted by atomic mass is 32.2. The summed E-state index contributed by atoms with van der Waals surface area (Å²) >= 11 is 0. The number of carbonyl (C=O) groups is 1. The average molecular weight is 327 g/mol. The summed E-state index contributed by atoms with van der Waals surface area (Å²) in [5.74, 6) is -0.318. The number of hydrogen-bond donors (Lipinski definition) is 1. The number of likely N-dealkylation sites (tertiary alicyclic amines) is 1. The molecule has 1 saturated heterocycles. The Balaban J connectivity index is 1.88. The number of carbonyl (C=O) groups excluding carboxylic acids is 1. The minimum Gasteiger partial charge on any atom is -0.468 e. The van der Waals surface area contributed by atoms with E-state index in [2.05, 4.69) is 9.71 Å². The number of pyridine rings is 1. The number of hydrogen-bond acceptors (Lipinski definition) is 6. The van der Waals surface area contributed by atoms with Crippen LogP contribution < -0.4 is 4.72 Å². The first-order valence-electron chi connectivity index (χ1n) is 7.08. The lowest BCUT2D eigenvalue weighted by atomic mass is 10.2. The fourth-order valence-electron chi connectivity index (χ4n) is 2.61.